The van der Waals surface area contributed by atoms with E-state index in [4.69, 9.17) is 11.6 Å². The molecular weight excluding hydrogens is 268 g/mol. The summed E-state index contributed by atoms with van der Waals surface area (Å²) in [5, 5.41) is 0.0476. The maximum Gasteiger partial charge on any atom is 0.263 e. The van der Waals surface area contributed by atoms with E-state index in [0.29, 0.717) is 0 Å². The van der Waals surface area contributed by atoms with E-state index in [9.17, 15) is 17.6 Å². The van der Waals surface area contributed by atoms with Gasteiger partial charge in [0.1, 0.15) is 0 Å². The Hall–Kier alpha value is -1.55. The van der Waals surface area contributed by atoms with E-state index in [1.165, 1.54) is 18.2 Å². The minimum Gasteiger partial charge on any atom is -0.205 e. The molecule has 0 spiro atoms. The summed E-state index contributed by atoms with van der Waals surface area (Å²) in [7, 11) is 0. The Labute approximate surface area is 106 Å². The summed E-state index contributed by atoms with van der Waals surface area (Å²) < 4.78 is 51.8. The van der Waals surface area contributed by atoms with Crippen LogP contribution in [-0.2, 0) is 0 Å². The van der Waals surface area contributed by atoms with Gasteiger partial charge in [0.05, 0.1) is 0 Å². The molecule has 0 unspecified atom stereocenters. The molecule has 2 rings (SSSR count). The Morgan fingerprint density at radius 2 is 1.72 bits per heavy atom. The average Bonchev–Trinajstić information content (AvgIpc) is 2.31. The van der Waals surface area contributed by atoms with E-state index < -0.39 is 18.1 Å². The van der Waals surface area contributed by atoms with Crippen molar-refractivity contribution in [3.05, 3.63) is 58.6 Å². The fraction of sp³-hybridized carbons (Fsp3) is 0.0769. The van der Waals surface area contributed by atoms with Crippen LogP contribution in [-0.4, -0.2) is 0 Å². The van der Waals surface area contributed by atoms with Gasteiger partial charge in [0.2, 0.25) is 0 Å². The molecule has 0 aromatic heterocycles. The van der Waals surface area contributed by atoms with Gasteiger partial charge in [-0.25, -0.2) is 17.6 Å². The standard InChI is InChI=1S/C13H7ClF4/c14-9-5-7(4-8(6-9)13(17)18)10-2-1-3-11(15)12(10)16/h1-6,13H. The summed E-state index contributed by atoms with van der Waals surface area (Å²) in [4.78, 5) is 0. The third-order valence-electron chi connectivity index (χ3n) is 2.43. The van der Waals surface area contributed by atoms with Gasteiger partial charge < -0.3 is 0 Å². The first-order valence-corrected chi connectivity index (χ1v) is 5.40. The molecule has 0 amide bonds. The van der Waals surface area contributed by atoms with Crippen LogP contribution in [0.4, 0.5) is 17.6 Å². The van der Waals surface area contributed by atoms with Crippen molar-refractivity contribution in [1.82, 2.24) is 0 Å². The van der Waals surface area contributed by atoms with Gasteiger partial charge >= 0.3 is 0 Å². The van der Waals surface area contributed by atoms with Crippen molar-refractivity contribution in [2.45, 2.75) is 6.43 Å². The molecule has 5 heteroatoms. The topological polar surface area (TPSA) is 0 Å². The molecule has 0 nitrogen and oxygen atoms in total. The van der Waals surface area contributed by atoms with E-state index in [2.05, 4.69) is 0 Å². The predicted octanol–water partition coefficient (Wildman–Crippen LogP) is 5.22. The van der Waals surface area contributed by atoms with Crippen LogP contribution >= 0.6 is 11.6 Å². The highest BCUT2D eigenvalue weighted by atomic mass is 35.5. The molecule has 2 aromatic carbocycles. The molecule has 0 N–H and O–H groups in total. The van der Waals surface area contributed by atoms with Crippen molar-refractivity contribution in [3.8, 4) is 11.1 Å². The SMILES string of the molecule is Fc1cccc(-c2cc(Cl)cc(C(F)F)c2)c1F. The van der Waals surface area contributed by atoms with Crippen LogP contribution < -0.4 is 0 Å². The quantitative estimate of drug-likeness (QED) is 0.658. The van der Waals surface area contributed by atoms with Gasteiger partial charge in [0, 0.05) is 16.1 Å². The minimum atomic E-state index is -2.72. The summed E-state index contributed by atoms with van der Waals surface area (Å²) >= 11 is 5.69. The van der Waals surface area contributed by atoms with Gasteiger partial charge in [-0.2, -0.15) is 0 Å². The third kappa shape index (κ3) is 2.48. The predicted molar refractivity (Wildman–Crippen MR) is 61.8 cm³/mol. The Kier molecular flexibility index (Phi) is 3.57. The van der Waals surface area contributed by atoms with Crippen molar-refractivity contribution in [1.29, 1.82) is 0 Å². The second-order valence-electron chi connectivity index (χ2n) is 3.68. The fourth-order valence-corrected chi connectivity index (χ4v) is 1.86. The third-order valence-corrected chi connectivity index (χ3v) is 2.65. The first kappa shape index (κ1) is 12.9. The Bertz CT molecular complexity index is 581. The molecule has 2 aromatic rings. The van der Waals surface area contributed by atoms with Crippen molar-refractivity contribution in [2.75, 3.05) is 0 Å². The van der Waals surface area contributed by atoms with Crippen molar-refractivity contribution >= 4 is 11.6 Å². The summed E-state index contributed by atoms with van der Waals surface area (Å²) in [6.45, 7) is 0. The number of alkyl halides is 2. The minimum absolute atomic E-state index is 0.0476. The summed E-state index contributed by atoms with van der Waals surface area (Å²) in [6, 6.07) is 7.06. The largest absolute Gasteiger partial charge is 0.263 e. The zero-order chi connectivity index (χ0) is 13.3. The molecule has 94 valence electrons. The first-order chi connectivity index (χ1) is 8.49. The van der Waals surface area contributed by atoms with E-state index in [-0.39, 0.29) is 21.7 Å². The Morgan fingerprint density at radius 3 is 2.39 bits per heavy atom. The van der Waals surface area contributed by atoms with Gasteiger partial charge in [-0.1, -0.05) is 23.7 Å². The van der Waals surface area contributed by atoms with Crippen molar-refractivity contribution in [2.24, 2.45) is 0 Å². The molecular formula is C13H7ClF4. The van der Waals surface area contributed by atoms with Crippen LogP contribution in [0.3, 0.4) is 0 Å². The van der Waals surface area contributed by atoms with Crippen LogP contribution in [0.1, 0.15) is 12.0 Å². The van der Waals surface area contributed by atoms with Crippen LogP contribution in [0.15, 0.2) is 36.4 Å². The number of rotatable bonds is 2. The molecule has 18 heavy (non-hydrogen) atoms. The molecule has 0 bridgehead atoms. The van der Waals surface area contributed by atoms with Gasteiger partial charge in [-0.05, 0) is 29.8 Å². The average molecular weight is 275 g/mol. The lowest BCUT2D eigenvalue weighted by molar-refractivity contribution is 0.151. The molecule has 0 aliphatic carbocycles. The molecule has 0 aliphatic heterocycles. The smallest absolute Gasteiger partial charge is 0.205 e. The van der Waals surface area contributed by atoms with Gasteiger partial charge in [-0.3, -0.25) is 0 Å². The molecule has 0 fully saturated rings. The molecule has 0 aliphatic rings. The molecule has 0 heterocycles. The maximum absolute atomic E-state index is 13.5. The molecule has 0 saturated heterocycles. The number of benzene rings is 2. The van der Waals surface area contributed by atoms with Crippen LogP contribution in [0.25, 0.3) is 11.1 Å². The van der Waals surface area contributed by atoms with E-state index >= 15 is 0 Å². The molecule has 0 atom stereocenters. The zero-order valence-corrected chi connectivity index (χ0v) is 9.69. The van der Waals surface area contributed by atoms with E-state index in [1.807, 2.05) is 0 Å². The summed E-state index contributed by atoms with van der Waals surface area (Å²) in [5.74, 6) is -2.12. The van der Waals surface area contributed by atoms with E-state index in [1.54, 1.807) is 0 Å². The fourth-order valence-electron chi connectivity index (χ4n) is 1.62. The van der Waals surface area contributed by atoms with Crippen LogP contribution in [0, 0.1) is 11.6 Å². The highest BCUT2D eigenvalue weighted by molar-refractivity contribution is 6.31. The van der Waals surface area contributed by atoms with Crippen molar-refractivity contribution in [3.63, 3.8) is 0 Å². The highest BCUT2D eigenvalue weighted by Gasteiger charge is 2.14. The Morgan fingerprint density at radius 1 is 1.00 bits per heavy atom. The first-order valence-electron chi connectivity index (χ1n) is 5.02. The maximum atomic E-state index is 13.5. The van der Waals surface area contributed by atoms with Gasteiger partial charge in [0.25, 0.3) is 6.43 Å². The summed E-state index contributed by atoms with van der Waals surface area (Å²) in [5.41, 5.74) is -0.310. The Balaban J connectivity index is 2.60. The van der Waals surface area contributed by atoms with E-state index in [0.717, 1.165) is 18.2 Å². The van der Waals surface area contributed by atoms with Crippen LogP contribution in [0.5, 0.6) is 0 Å². The lowest BCUT2D eigenvalue weighted by Crippen LogP contribution is -1.91. The lowest BCUT2D eigenvalue weighted by Gasteiger charge is -2.08. The number of hydrogen-bond acceptors (Lipinski definition) is 0. The summed E-state index contributed by atoms with van der Waals surface area (Å²) in [6.07, 6.45) is -2.72. The normalized spacial score (nSPS) is 11.0. The zero-order valence-electron chi connectivity index (χ0n) is 8.93. The van der Waals surface area contributed by atoms with Gasteiger partial charge in [0.15, 0.2) is 11.6 Å². The molecule has 0 saturated carbocycles. The lowest BCUT2D eigenvalue weighted by atomic mass is 10.0. The van der Waals surface area contributed by atoms with Gasteiger partial charge in [-0.15, -0.1) is 0 Å². The van der Waals surface area contributed by atoms with Crippen molar-refractivity contribution < 1.29 is 17.6 Å². The molecule has 0 radical (unpaired) electrons. The highest BCUT2D eigenvalue weighted by Crippen LogP contribution is 2.31. The number of hydrogen-bond donors (Lipinski definition) is 0. The second-order valence-corrected chi connectivity index (χ2v) is 4.11. The second kappa shape index (κ2) is 4.98. The van der Waals surface area contributed by atoms with Crippen LogP contribution in [0.2, 0.25) is 5.02 Å². The number of halogens is 5. The monoisotopic (exact) mass is 274 g/mol.